The Labute approximate surface area is 97.4 Å². The van der Waals surface area contributed by atoms with E-state index in [0.717, 1.165) is 10.6 Å². The van der Waals surface area contributed by atoms with Crippen molar-refractivity contribution in [2.24, 2.45) is 0 Å². The van der Waals surface area contributed by atoms with Crippen molar-refractivity contribution in [3.05, 3.63) is 46.2 Å². The van der Waals surface area contributed by atoms with Gasteiger partial charge in [-0.05, 0) is 19.1 Å². The molecule has 0 atom stereocenters. The maximum absolute atomic E-state index is 11.7. The van der Waals surface area contributed by atoms with E-state index in [9.17, 15) is 4.79 Å². The lowest BCUT2D eigenvalue weighted by Gasteiger charge is -2.02. The van der Waals surface area contributed by atoms with Crippen molar-refractivity contribution in [3.8, 4) is 0 Å². The van der Waals surface area contributed by atoms with Gasteiger partial charge in [-0.25, -0.2) is 4.98 Å². The highest BCUT2D eigenvalue weighted by atomic mass is 32.1. The fraction of sp³-hybridized carbons (Fsp3) is 0.182. The third-order valence-corrected chi connectivity index (χ3v) is 3.09. The van der Waals surface area contributed by atoms with Gasteiger partial charge >= 0.3 is 0 Å². The molecule has 1 amide bonds. The van der Waals surface area contributed by atoms with Gasteiger partial charge < -0.3 is 5.32 Å². The Hall–Kier alpha value is -1.75. The number of nitrogens with one attached hydrogen (secondary N) is 1. The summed E-state index contributed by atoms with van der Waals surface area (Å²) in [5, 5.41) is 2.81. The Morgan fingerprint density at radius 1 is 1.44 bits per heavy atom. The van der Waals surface area contributed by atoms with Gasteiger partial charge in [-0.2, -0.15) is 0 Å². The Morgan fingerprint density at radius 2 is 2.31 bits per heavy atom. The molecule has 82 valence electrons. The second kappa shape index (κ2) is 4.85. The highest BCUT2D eigenvalue weighted by Crippen LogP contribution is 2.11. The summed E-state index contributed by atoms with van der Waals surface area (Å²) in [6, 6.07) is 5.26. The minimum Gasteiger partial charge on any atom is -0.346 e. The third-order valence-electron chi connectivity index (χ3n) is 2.15. The minimum atomic E-state index is -0.159. The highest BCUT2D eigenvalue weighted by Gasteiger charge is 2.07. The van der Waals surface area contributed by atoms with Crippen LogP contribution in [0.15, 0.2) is 29.9 Å². The molecule has 5 heteroatoms. The molecule has 0 aliphatic rings. The van der Waals surface area contributed by atoms with E-state index in [0.29, 0.717) is 12.2 Å². The van der Waals surface area contributed by atoms with E-state index in [-0.39, 0.29) is 5.91 Å². The zero-order valence-corrected chi connectivity index (χ0v) is 9.62. The van der Waals surface area contributed by atoms with Gasteiger partial charge in [-0.1, -0.05) is 6.07 Å². The van der Waals surface area contributed by atoms with Crippen LogP contribution in [0, 0.1) is 6.92 Å². The summed E-state index contributed by atoms with van der Waals surface area (Å²) in [4.78, 5) is 20.8. The summed E-state index contributed by atoms with van der Waals surface area (Å²) in [6.07, 6.45) is 1.60. The molecule has 0 fully saturated rings. The van der Waals surface area contributed by atoms with Crippen molar-refractivity contribution in [1.82, 2.24) is 15.3 Å². The van der Waals surface area contributed by atoms with Crippen LogP contribution in [0.2, 0.25) is 0 Å². The first-order valence-electron chi connectivity index (χ1n) is 4.85. The monoisotopic (exact) mass is 233 g/mol. The average Bonchev–Trinajstić information content (AvgIpc) is 2.73. The quantitative estimate of drug-likeness (QED) is 0.879. The maximum Gasteiger partial charge on any atom is 0.270 e. The van der Waals surface area contributed by atoms with Crippen LogP contribution in [0.3, 0.4) is 0 Å². The Balaban J connectivity index is 1.97. The van der Waals surface area contributed by atoms with Crippen molar-refractivity contribution in [2.45, 2.75) is 13.5 Å². The van der Waals surface area contributed by atoms with Crippen LogP contribution in [0.1, 0.15) is 21.1 Å². The number of hydrogen-bond acceptors (Lipinski definition) is 4. The van der Waals surface area contributed by atoms with Crippen LogP contribution in [-0.2, 0) is 6.54 Å². The van der Waals surface area contributed by atoms with Gasteiger partial charge in [-0.3, -0.25) is 9.78 Å². The summed E-state index contributed by atoms with van der Waals surface area (Å²) in [7, 11) is 0. The SMILES string of the molecule is Cc1ncsc1CNC(=O)c1ccccn1. The largest absolute Gasteiger partial charge is 0.346 e. The molecule has 2 rings (SSSR count). The Kier molecular flexibility index (Phi) is 3.26. The first kappa shape index (κ1) is 10.8. The van der Waals surface area contributed by atoms with Crippen LogP contribution < -0.4 is 5.32 Å². The van der Waals surface area contributed by atoms with Gasteiger partial charge in [0.15, 0.2) is 0 Å². The lowest BCUT2D eigenvalue weighted by Crippen LogP contribution is -2.23. The summed E-state index contributed by atoms with van der Waals surface area (Å²) in [6.45, 7) is 2.44. The van der Waals surface area contributed by atoms with E-state index in [1.54, 1.807) is 41.2 Å². The first-order chi connectivity index (χ1) is 7.77. The average molecular weight is 233 g/mol. The zero-order chi connectivity index (χ0) is 11.4. The van der Waals surface area contributed by atoms with Gasteiger partial charge in [0, 0.05) is 11.1 Å². The molecule has 0 aliphatic heterocycles. The minimum absolute atomic E-state index is 0.159. The first-order valence-corrected chi connectivity index (χ1v) is 5.73. The van der Waals surface area contributed by atoms with Gasteiger partial charge in [0.2, 0.25) is 0 Å². The molecular weight excluding hydrogens is 222 g/mol. The molecule has 0 radical (unpaired) electrons. The summed E-state index contributed by atoms with van der Waals surface area (Å²) < 4.78 is 0. The van der Waals surface area contributed by atoms with Crippen LogP contribution >= 0.6 is 11.3 Å². The number of rotatable bonds is 3. The molecule has 1 N–H and O–H groups in total. The molecule has 2 aromatic heterocycles. The predicted molar refractivity (Wildman–Crippen MR) is 62.3 cm³/mol. The number of carbonyl (C=O) groups is 1. The number of nitrogens with zero attached hydrogens (tertiary/aromatic N) is 2. The normalized spacial score (nSPS) is 10.1. The predicted octanol–water partition coefficient (Wildman–Crippen LogP) is 1.78. The molecule has 0 aliphatic carbocycles. The summed E-state index contributed by atoms with van der Waals surface area (Å²) >= 11 is 1.54. The number of hydrogen-bond donors (Lipinski definition) is 1. The lowest BCUT2D eigenvalue weighted by atomic mass is 10.3. The molecule has 2 heterocycles. The number of amides is 1. The smallest absolute Gasteiger partial charge is 0.270 e. The van der Waals surface area contributed by atoms with Crippen LogP contribution in [-0.4, -0.2) is 15.9 Å². The second-order valence-electron chi connectivity index (χ2n) is 3.26. The molecule has 0 saturated heterocycles. The van der Waals surface area contributed by atoms with E-state index in [1.165, 1.54) is 0 Å². The van der Waals surface area contributed by atoms with E-state index >= 15 is 0 Å². The van der Waals surface area contributed by atoms with E-state index in [4.69, 9.17) is 0 Å². The number of pyridine rings is 1. The standard InChI is InChI=1S/C11H11N3OS/c1-8-10(16-7-14-8)6-13-11(15)9-4-2-3-5-12-9/h2-5,7H,6H2,1H3,(H,13,15). The van der Waals surface area contributed by atoms with Gasteiger partial charge in [0.1, 0.15) is 5.69 Å². The fourth-order valence-corrected chi connectivity index (χ4v) is 1.96. The second-order valence-corrected chi connectivity index (χ2v) is 4.20. The number of aromatic nitrogens is 2. The zero-order valence-electron chi connectivity index (χ0n) is 8.80. The van der Waals surface area contributed by atoms with E-state index in [1.807, 2.05) is 6.92 Å². The molecule has 0 bridgehead atoms. The van der Waals surface area contributed by atoms with Crippen molar-refractivity contribution >= 4 is 17.2 Å². The molecule has 2 aromatic rings. The molecule has 0 saturated carbocycles. The molecule has 0 spiro atoms. The third kappa shape index (κ3) is 2.43. The van der Waals surface area contributed by atoms with Crippen molar-refractivity contribution in [3.63, 3.8) is 0 Å². The van der Waals surface area contributed by atoms with Gasteiger partial charge in [-0.15, -0.1) is 11.3 Å². The van der Waals surface area contributed by atoms with Crippen molar-refractivity contribution in [2.75, 3.05) is 0 Å². The van der Waals surface area contributed by atoms with Gasteiger partial charge in [0.05, 0.1) is 17.7 Å². The van der Waals surface area contributed by atoms with E-state index < -0.39 is 0 Å². The molecular formula is C11H11N3OS. The van der Waals surface area contributed by atoms with Crippen LogP contribution in [0.5, 0.6) is 0 Å². The number of thiazole rings is 1. The van der Waals surface area contributed by atoms with Crippen molar-refractivity contribution < 1.29 is 4.79 Å². The molecule has 0 unspecified atom stereocenters. The van der Waals surface area contributed by atoms with E-state index in [2.05, 4.69) is 15.3 Å². The number of aryl methyl sites for hydroxylation is 1. The fourth-order valence-electron chi connectivity index (χ4n) is 1.24. The Bertz CT molecular complexity index is 481. The maximum atomic E-state index is 11.7. The highest BCUT2D eigenvalue weighted by molar-refractivity contribution is 7.09. The molecule has 4 nitrogen and oxygen atoms in total. The molecule has 0 aromatic carbocycles. The topological polar surface area (TPSA) is 54.9 Å². The Morgan fingerprint density at radius 3 is 2.94 bits per heavy atom. The summed E-state index contributed by atoms with van der Waals surface area (Å²) in [5.74, 6) is -0.159. The van der Waals surface area contributed by atoms with Crippen LogP contribution in [0.4, 0.5) is 0 Å². The van der Waals surface area contributed by atoms with Crippen LogP contribution in [0.25, 0.3) is 0 Å². The van der Waals surface area contributed by atoms with Crippen molar-refractivity contribution in [1.29, 1.82) is 0 Å². The molecule has 16 heavy (non-hydrogen) atoms. The number of carbonyl (C=O) groups excluding carboxylic acids is 1. The lowest BCUT2D eigenvalue weighted by molar-refractivity contribution is 0.0946. The van der Waals surface area contributed by atoms with Gasteiger partial charge in [0.25, 0.3) is 5.91 Å². The summed E-state index contributed by atoms with van der Waals surface area (Å²) in [5.41, 5.74) is 3.17.